The number of rotatable bonds is 8. The number of aliphatic hydroxyl groups is 1. The van der Waals surface area contributed by atoms with E-state index in [4.69, 9.17) is 9.47 Å². The van der Waals surface area contributed by atoms with Crippen LogP contribution in [0.25, 0.3) is 11.1 Å². The highest BCUT2D eigenvalue weighted by Crippen LogP contribution is 2.45. The number of aryl methyl sites for hydroxylation is 1. The zero-order valence-corrected chi connectivity index (χ0v) is 20.4. The lowest BCUT2D eigenvalue weighted by molar-refractivity contribution is -0.119. The van der Waals surface area contributed by atoms with Crippen LogP contribution in [-0.2, 0) is 14.3 Å². The third-order valence-corrected chi connectivity index (χ3v) is 6.61. The Labute approximate surface area is 203 Å². The molecular weight excluding hydrogens is 450 g/mol. The van der Waals surface area contributed by atoms with E-state index in [-0.39, 0.29) is 18.1 Å². The summed E-state index contributed by atoms with van der Waals surface area (Å²) < 4.78 is 10.8. The fourth-order valence-electron chi connectivity index (χ4n) is 4.10. The molecule has 0 aliphatic carbocycles. The molecule has 0 spiro atoms. The molecular formula is C27H27NO5S. The summed E-state index contributed by atoms with van der Waals surface area (Å²) in [5.74, 6) is -1.35. The van der Waals surface area contributed by atoms with E-state index in [1.54, 1.807) is 43.4 Å². The number of para-hydroxylation sites is 1. The first-order valence-corrected chi connectivity index (χ1v) is 11.9. The van der Waals surface area contributed by atoms with Gasteiger partial charge in [0.1, 0.15) is 5.75 Å². The molecule has 1 aliphatic rings. The van der Waals surface area contributed by atoms with E-state index in [0.717, 1.165) is 11.1 Å². The summed E-state index contributed by atoms with van der Waals surface area (Å²) in [5.41, 5.74) is 3.37. The number of benzene rings is 2. The van der Waals surface area contributed by atoms with Gasteiger partial charge in [-0.25, -0.2) is 0 Å². The molecule has 3 aromatic rings. The van der Waals surface area contributed by atoms with Crippen molar-refractivity contribution >= 4 is 28.7 Å². The molecule has 0 bridgehead atoms. The van der Waals surface area contributed by atoms with Gasteiger partial charge in [0.2, 0.25) is 0 Å². The van der Waals surface area contributed by atoms with Crippen molar-refractivity contribution in [3.05, 3.63) is 81.8 Å². The summed E-state index contributed by atoms with van der Waals surface area (Å²) in [6, 6.07) is 16.0. The molecule has 0 saturated carbocycles. The van der Waals surface area contributed by atoms with Gasteiger partial charge < -0.3 is 14.6 Å². The van der Waals surface area contributed by atoms with Crippen LogP contribution in [0.4, 0.5) is 5.69 Å². The maximum Gasteiger partial charge on any atom is 0.294 e. The van der Waals surface area contributed by atoms with E-state index in [0.29, 0.717) is 17.0 Å². The van der Waals surface area contributed by atoms with Gasteiger partial charge in [0, 0.05) is 29.2 Å². The van der Waals surface area contributed by atoms with Crippen molar-refractivity contribution in [2.24, 2.45) is 5.92 Å². The van der Waals surface area contributed by atoms with Gasteiger partial charge in [-0.2, -0.15) is 0 Å². The SMILES string of the molecule is COCOc1ccccc1C1C(C(=O)C(C)C)=C(O)C(=O)N1c1ccc(-c2csc(C)c2)cc1. The highest BCUT2D eigenvalue weighted by Gasteiger charge is 2.45. The fourth-order valence-corrected chi connectivity index (χ4v) is 4.81. The number of ether oxygens (including phenoxy) is 2. The first-order chi connectivity index (χ1) is 16.3. The van der Waals surface area contributed by atoms with Crippen LogP contribution < -0.4 is 9.64 Å². The smallest absolute Gasteiger partial charge is 0.294 e. The highest BCUT2D eigenvalue weighted by atomic mass is 32.1. The van der Waals surface area contributed by atoms with Gasteiger partial charge in [-0.3, -0.25) is 14.5 Å². The molecule has 2 heterocycles. The summed E-state index contributed by atoms with van der Waals surface area (Å²) in [6.45, 7) is 5.56. The standard InChI is InChI=1S/C27H27NO5S/c1-16(2)25(29)23-24(21-7-5-6-8-22(21)33-15-32-4)28(27(31)26(23)30)20-11-9-18(10-12-20)19-13-17(3)34-14-19/h5-14,16,24,30H,15H2,1-4H3. The van der Waals surface area contributed by atoms with Crippen LogP contribution in [-0.4, -0.2) is 30.7 Å². The first-order valence-electron chi connectivity index (χ1n) is 11.0. The van der Waals surface area contributed by atoms with Crippen LogP contribution in [0.3, 0.4) is 0 Å². The number of hydrogen-bond acceptors (Lipinski definition) is 6. The Kier molecular flexibility index (Phi) is 6.86. The molecule has 4 rings (SSSR count). The molecule has 6 nitrogen and oxygen atoms in total. The maximum atomic E-state index is 13.3. The molecule has 0 fully saturated rings. The fraction of sp³-hybridized carbons (Fsp3) is 0.259. The minimum absolute atomic E-state index is 0.00952. The minimum atomic E-state index is -0.829. The van der Waals surface area contributed by atoms with E-state index < -0.39 is 23.6 Å². The predicted octanol–water partition coefficient (Wildman–Crippen LogP) is 5.83. The van der Waals surface area contributed by atoms with Gasteiger partial charge in [0.25, 0.3) is 5.91 Å². The van der Waals surface area contributed by atoms with Crippen LogP contribution >= 0.6 is 11.3 Å². The number of amides is 1. The minimum Gasteiger partial charge on any atom is -0.503 e. The third kappa shape index (κ3) is 4.36. The average Bonchev–Trinajstić information content (AvgIpc) is 3.38. The van der Waals surface area contributed by atoms with Crippen molar-refractivity contribution in [3.8, 4) is 16.9 Å². The lowest BCUT2D eigenvalue weighted by Gasteiger charge is -2.28. The number of methoxy groups -OCH3 is 1. The third-order valence-electron chi connectivity index (χ3n) is 5.75. The summed E-state index contributed by atoms with van der Waals surface area (Å²) in [7, 11) is 1.52. The van der Waals surface area contributed by atoms with Gasteiger partial charge in [-0.15, -0.1) is 11.3 Å². The van der Waals surface area contributed by atoms with Crippen LogP contribution in [0.1, 0.15) is 30.3 Å². The van der Waals surface area contributed by atoms with Crippen molar-refractivity contribution in [2.75, 3.05) is 18.8 Å². The van der Waals surface area contributed by atoms with Crippen LogP contribution in [0.15, 0.2) is 71.3 Å². The summed E-state index contributed by atoms with van der Waals surface area (Å²) in [5, 5.41) is 12.9. The zero-order chi connectivity index (χ0) is 24.4. The molecule has 0 saturated heterocycles. The monoisotopic (exact) mass is 477 g/mol. The second-order valence-electron chi connectivity index (χ2n) is 8.44. The van der Waals surface area contributed by atoms with Gasteiger partial charge >= 0.3 is 0 Å². The number of carbonyl (C=O) groups is 2. The number of aliphatic hydroxyl groups excluding tert-OH is 1. The van der Waals surface area contributed by atoms with Gasteiger partial charge in [0.15, 0.2) is 18.3 Å². The molecule has 34 heavy (non-hydrogen) atoms. The number of ketones is 1. The largest absolute Gasteiger partial charge is 0.503 e. The molecule has 1 N–H and O–H groups in total. The van der Waals surface area contributed by atoms with E-state index in [2.05, 4.69) is 18.4 Å². The van der Waals surface area contributed by atoms with Crippen molar-refractivity contribution < 1.29 is 24.2 Å². The van der Waals surface area contributed by atoms with E-state index >= 15 is 0 Å². The van der Waals surface area contributed by atoms with Gasteiger partial charge in [-0.05, 0) is 47.7 Å². The van der Waals surface area contributed by atoms with Crippen molar-refractivity contribution in [3.63, 3.8) is 0 Å². The predicted molar refractivity (Wildman–Crippen MR) is 133 cm³/mol. The number of thiophene rings is 1. The van der Waals surface area contributed by atoms with Crippen molar-refractivity contribution in [1.29, 1.82) is 0 Å². The summed E-state index contributed by atoms with van der Waals surface area (Å²) in [4.78, 5) is 29.2. The van der Waals surface area contributed by atoms with Crippen LogP contribution in [0, 0.1) is 12.8 Å². The van der Waals surface area contributed by atoms with Crippen molar-refractivity contribution in [1.82, 2.24) is 0 Å². The average molecular weight is 478 g/mol. The van der Waals surface area contributed by atoms with Gasteiger partial charge in [-0.1, -0.05) is 44.2 Å². The van der Waals surface area contributed by atoms with E-state index in [1.807, 2.05) is 30.3 Å². The topological polar surface area (TPSA) is 76.1 Å². The molecule has 7 heteroatoms. The normalized spacial score (nSPS) is 16.0. The molecule has 1 amide bonds. The lowest BCUT2D eigenvalue weighted by Crippen LogP contribution is -2.31. The number of anilines is 1. The summed E-state index contributed by atoms with van der Waals surface area (Å²) in [6.07, 6.45) is 0. The Morgan fingerprint density at radius 2 is 1.82 bits per heavy atom. The maximum absolute atomic E-state index is 13.3. The molecule has 0 radical (unpaired) electrons. The second kappa shape index (κ2) is 9.83. The number of nitrogens with zero attached hydrogens (tertiary/aromatic N) is 1. The zero-order valence-electron chi connectivity index (χ0n) is 19.6. The van der Waals surface area contributed by atoms with E-state index in [1.165, 1.54) is 16.9 Å². The summed E-state index contributed by atoms with van der Waals surface area (Å²) >= 11 is 1.68. The molecule has 1 atom stereocenters. The Hall–Kier alpha value is -3.42. The molecule has 1 aromatic heterocycles. The molecule has 1 aliphatic heterocycles. The Morgan fingerprint density at radius 1 is 1.12 bits per heavy atom. The second-order valence-corrected chi connectivity index (χ2v) is 9.56. The number of hydrogen-bond donors (Lipinski definition) is 1. The molecule has 1 unspecified atom stereocenters. The Morgan fingerprint density at radius 3 is 2.44 bits per heavy atom. The Bertz CT molecular complexity index is 1240. The Balaban J connectivity index is 1.82. The van der Waals surface area contributed by atoms with Crippen molar-refractivity contribution in [2.45, 2.75) is 26.8 Å². The van der Waals surface area contributed by atoms with E-state index in [9.17, 15) is 14.7 Å². The number of Topliss-reactive ketones (excluding diaryl/α,β-unsaturated/α-hetero) is 1. The van der Waals surface area contributed by atoms with Crippen LogP contribution in [0.2, 0.25) is 0 Å². The molecule has 176 valence electrons. The highest BCUT2D eigenvalue weighted by molar-refractivity contribution is 7.10. The quantitative estimate of drug-likeness (QED) is 0.413. The van der Waals surface area contributed by atoms with Gasteiger partial charge in [0.05, 0.1) is 11.6 Å². The molecule has 2 aromatic carbocycles. The lowest BCUT2D eigenvalue weighted by atomic mass is 9.90. The van der Waals surface area contributed by atoms with Crippen LogP contribution in [0.5, 0.6) is 5.75 Å². The number of carbonyl (C=O) groups excluding carboxylic acids is 2. The first kappa shape index (κ1) is 23.7.